The van der Waals surface area contributed by atoms with Crippen molar-refractivity contribution in [2.24, 2.45) is 0 Å². The van der Waals surface area contributed by atoms with Gasteiger partial charge < -0.3 is 14.5 Å². The zero-order valence-electron chi connectivity index (χ0n) is 16.4. The molecule has 0 saturated carbocycles. The Labute approximate surface area is 166 Å². The molecule has 0 radical (unpaired) electrons. The first kappa shape index (κ1) is 20.2. The highest BCUT2D eigenvalue weighted by molar-refractivity contribution is 7.92. The molecular formula is C20H26N3O4S+. The van der Waals surface area contributed by atoms with Crippen molar-refractivity contribution in [1.29, 1.82) is 0 Å². The standard InChI is InChI=1S/C20H25N3O4S/c1-15-4-7-17(8-5-15)21-28(25,26)19-14-16(6-9-18(19)27-3)20(24)23-12-10-22(2)11-13-23/h4-9,14,21H,10-13H2,1-3H3/p+1. The zero-order valence-corrected chi connectivity index (χ0v) is 17.2. The van der Waals surface area contributed by atoms with E-state index in [9.17, 15) is 13.2 Å². The molecule has 8 heteroatoms. The van der Waals surface area contributed by atoms with Crippen LogP contribution in [0.25, 0.3) is 0 Å². The van der Waals surface area contributed by atoms with Gasteiger partial charge in [-0.05, 0) is 37.3 Å². The van der Waals surface area contributed by atoms with Gasteiger partial charge in [-0.1, -0.05) is 17.7 Å². The normalized spacial score (nSPS) is 15.3. The van der Waals surface area contributed by atoms with Crippen LogP contribution in [0.5, 0.6) is 5.75 Å². The highest BCUT2D eigenvalue weighted by atomic mass is 32.2. The van der Waals surface area contributed by atoms with E-state index < -0.39 is 10.0 Å². The lowest BCUT2D eigenvalue weighted by atomic mass is 10.1. The lowest BCUT2D eigenvalue weighted by Crippen LogP contribution is -3.12. The molecule has 1 heterocycles. The smallest absolute Gasteiger partial charge is 0.265 e. The number of rotatable bonds is 5. The summed E-state index contributed by atoms with van der Waals surface area (Å²) in [7, 11) is -0.413. The Balaban J connectivity index is 1.90. The molecular weight excluding hydrogens is 378 g/mol. The number of nitrogens with zero attached hydrogens (tertiary/aromatic N) is 1. The maximum atomic E-state index is 12.9. The molecule has 1 aliphatic heterocycles. The summed E-state index contributed by atoms with van der Waals surface area (Å²) in [6.07, 6.45) is 0. The minimum atomic E-state index is -3.91. The summed E-state index contributed by atoms with van der Waals surface area (Å²) in [6, 6.07) is 11.6. The van der Waals surface area contributed by atoms with Crippen molar-refractivity contribution in [2.75, 3.05) is 45.1 Å². The third kappa shape index (κ3) is 4.45. The minimum Gasteiger partial charge on any atom is -0.495 e. The number of hydrogen-bond acceptors (Lipinski definition) is 4. The average molecular weight is 405 g/mol. The van der Waals surface area contributed by atoms with Crippen molar-refractivity contribution in [1.82, 2.24) is 4.90 Å². The van der Waals surface area contributed by atoms with Crippen LogP contribution in [0.2, 0.25) is 0 Å². The number of methoxy groups -OCH3 is 1. The fourth-order valence-electron chi connectivity index (χ4n) is 3.13. The number of ether oxygens (including phenoxy) is 1. The number of amides is 1. The number of aryl methyl sites for hydroxylation is 1. The highest BCUT2D eigenvalue weighted by Gasteiger charge is 2.26. The second kappa shape index (κ2) is 8.20. The molecule has 0 bridgehead atoms. The lowest BCUT2D eigenvalue weighted by molar-refractivity contribution is -0.883. The number of piperazine rings is 1. The van der Waals surface area contributed by atoms with Gasteiger partial charge in [-0.25, -0.2) is 8.42 Å². The van der Waals surface area contributed by atoms with Gasteiger partial charge in [0, 0.05) is 11.3 Å². The van der Waals surface area contributed by atoms with Crippen LogP contribution >= 0.6 is 0 Å². The van der Waals surface area contributed by atoms with E-state index in [0.717, 1.165) is 18.7 Å². The summed E-state index contributed by atoms with van der Waals surface area (Å²) in [6.45, 7) is 4.99. The average Bonchev–Trinajstić information content (AvgIpc) is 2.69. The van der Waals surface area contributed by atoms with Crippen LogP contribution < -0.4 is 14.4 Å². The fraction of sp³-hybridized carbons (Fsp3) is 0.350. The topological polar surface area (TPSA) is 80.2 Å². The first-order valence-corrected chi connectivity index (χ1v) is 10.7. The minimum absolute atomic E-state index is 0.0545. The molecule has 0 spiro atoms. The van der Waals surface area contributed by atoms with Crippen LogP contribution in [0.4, 0.5) is 5.69 Å². The molecule has 7 nitrogen and oxygen atoms in total. The molecule has 2 N–H and O–H groups in total. The van der Waals surface area contributed by atoms with Gasteiger partial charge in [0.15, 0.2) is 0 Å². The predicted octanol–water partition coefficient (Wildman–Crippen LogP) is 0.775. The number of carbonyl (C=O) groups excluding carboxylic acids is 1. The number of sulfonamides is 1. The predicted molar refractivity (Wildman–Crippen MR) is 108 cm³/mol. The summed E-state index contributed by atoms with van der Waals surface area (Å²) in [4.78, 5) is 15.9. The van der Waals surface area contributed by atoms with Crippen molar-refractivity contribution < 1.29 is 22.8 Å². The number of hydrogen-bond donors (Lipinski definition) is 2. The summed E-state index contributed by atoms with van der Waals surface area (Å²) < 4.78 is 33.7. The third-order valence-electron chi connectivity index (χ3n) is 4.91. The number of nitrogens with one attached hydrogen (secondary N) is 2. The van der Waals surface area contributed by atoms with Gasteiger partial charge in [-0.15, -0.1) is 0 Å². The van der Waals surface area contributed by atoms with Gasteiger partial charge >= 0.3 is 0 Å². The van der Waals surface area contributed by atoms with Gasteiger partial charge in [0.05, 0.1) is 40.3 Å². The zero-order chi connectivity index (χ0) is 20.3. The second-order valence-electron chi connectivity index (χ2n) is 7.09. The van der Waals surface area contributed by atoms with E-state index in [4.69, 9.17) is 4.74 Å². The van der Waals surface area contributed by atoms with Crippen molar-refractivity contribution in [2.45, 2.75) is 11.8 Å². The molecule has 1 amide bonds. The molecule has 1 fully saturated rings. The van der Waals surface area contributed by atoms with Gasteiger partial charge in [0.1, 0.15) is 10.6 Å². The Hall–Kier alpha value is -2.58. The molecule has 0 atom stereocenters. The molecule has 1 aliphatic rings. The third-order valence-corrected chi connectivity index (χ3v) is 6.31. The van der Waals surface area contributed by atoms with E-state index in [1.807, 2.05) is 19.1 Å². The Morgan fingerprint density at radius 1 is 1.11 bits per heavy atom. The van der Waals surface area contributed by atoms with E-state index in [2.05, 4.69) is 11.8 Å². The summed E-state index contributed by atoms with van der Waals surface area (Å²) >= 11 is 0. The number of likely N-dealkylation sites (N-methyl/N-ethyl adjacent to an activating group) is 1. The number of carbonyl (C=O) groups is 1. The molecule has 0 unspecified atom stereocenters. The highest BCUT2D eigenvalue weighted by Crippen LogP contribution is 2.27. The molecule has 0 aliphatic carbocycles. The van der Waals surface area contributed by atoms with Crippen LogP contribution in [-0.4, -0.2) is 59.6 Å². The molecule has 2 aromatic carbocycles. The van der Waals surface area contributed by atoms with E-state index in [1.165, 1.54) is 24.1 Å². The van der Waals surface area contributed by atoms with Crippen LogP contribution in [0.1, 0.15) is 15.9 Å². The summed E-state index contributed by atoms with van der Waals surface area (Å²) in [5.41, 5.74) is 1.82. The maximum absolute atomic E-state index is 12.9. The Kier molecular flexibility index (Phi) is 5.90. The van der Waals surface area contributed by atoms with Gasteiger partial charge in [0.2, 0.25) is 0 Å². The first-order valence-electron chi connectivity index (χ1n) is 9.18. The van der Waals surface area contributed by atoms with Crippen LogP contribution in [-0.2, 0) is 10.0 Å². The number of anilines is 1. The second-order valence-corrected chi connectivity index (χ2v) is 8.74. The Morgan fingerprint density at radius 3 is 2.36 bits per heavy atom. The van der Waals surface area contributed by atoms with Crippen molar-refractivity contribution in [3.63, 3.8) is 0 Å². The SMILES string of the molecule is COc1ccc(C(=O)N2CC[NH+](C)CC2)cc1S(=O)(=O)Nc1ccc(C)cc1. The van der Waals surface area contributed by atoms with Crippen LogP contribution in [0, 0.1) is 6.92 Å². The van der Waals surface area contributed by atoms with Crippen molar-refractivity contribution >= 4 is 21.6 Å². The molecule has 2 aromatic rings. The largest absolute Gasteiger partial charge is 0.495 e. The maximum Gasteiger partial charge on any atom is 0.265 e. The monoisotopic (exact) mass is 404 g/mol. The Morgan fingerprint density at radius 2 is 1.75 bits per heavy atom. The molecule has 0 aromatic heterocycles. The fourth-order valence-corrected chi connectivity index (χ4v) is 4.38. The van der Waals surface area contributed by atoms with Crippen molar-refractivity contribution in [3.8, 4) is 5.75 Å². The van der Waals surface area contributed by atoms with E-state index in [0.29, 0.717) is 24.3 Å². The van der Waals surface area contributed by atoms with Gasteiger partial charge in [0.25, 0.3) is 15.9 Å². The van der Waals surface area contributed by atoms with Crippen LogP contribution in [0.3, 0.4) is 0 Å². The van der Waals surface area contributed by atoms with Crippen molar-refractivity contribution in [3.05, 3.63) is 53.6 Å². The van der Waals surface area contributed by atoms with Gasteiger partial charge in [-0.3, -0.25) is 9.52 Å². The summed E-state index contributed by atoms with van der Waals surface area (Å²) in [5.74, 6) is 0.0286. The molecule has 28 heavy (non-hydrogen) atoms. The number of quaternary nitrogens is 1. The van der Waals surface area contributed by atoms with E-state index in [1.54, 1.807) is 23.1 Å². The first-order chi connectivity index (χ1) is 13.3. The molecule has 1 saturated heterocycles. The number of benzene rings is 2. The Bertz CT molecular complexity index is 950. The van der Waals surface area contributed by atoms with Gasteiger partial charge in [-0.2, -0.15) is 0 Å². The van der Waals surface area contributed by atoms with E-state index >= 15 is 0 Å². The quantitative estimate of drug-likeness (QED) is 0.772. The van der Waals surface area contributed by atoms with Crippen LogP contribution in [0.15, 0.2) is 47.4 Å². The van der Waals surface area contributed by atoms with E-state index in [-0.39, 0.29) is 16.6 Å². The summed E-state index contributed by atoms with van der Waals surface area (Å²) in [5, 5.41) is 0. The lowest BCUT2D eigenvalue weighted by Gasteiger charge is -2.30. The molecule has 3 rings (SSSR count). The molecule has 150 valence electrons.